The van der Waals surface area contributed by atoms with E-state index in [0.717, 1.165) is 26.9 Å². The second-order valence-electron chi connectivity index (χ2n) is 6.19. The summed E-state index contributed by atoms with van der Waals surface area (Å²) < 4.78 is 6.74. The molecule has 0 saturated carbocycles. The fraction of sp³-hybridized carbons (Fsp3) is 0.136. The maximum atomic E-state index is 12.9. The molecule has 0 spiro atoms. The Morgan fingerprint density at radius 3 is 2.54 bits per heavy atom. The number of hydrogen-bond donors (Lipinski definition) is 1. The summed E-state index contributed by atoms with van der Waals surface area (Å²) in [5.74, 6) is 0.364. The van der Waals surface area contributed by atoms with Crippen LogP contribution in [0.25, 0.3) is 0 Å². The molecule has 0 fully saturated rings. The number of amides is 1. The minimum atomic E-state index is -0.192. The standard InChI is InChI=1S/C22H20BrNO2/c1-15-8-9-16(2)20(12-15)24-22(25)19-13-18(23)10-11-21(19)26-14-17-6-4-3-5-7-17/h3-13H,14H2,1-2H3,(H,24,25). The van der Waals surface area contributed by atoms with Gasteiger partial charge in [-0.3, -0.25) is 4.79 Å². The highest BCUT2D eigenvalue weighted by Crippen LogP contribution is 2.26. The summed E-state index contributed by atoms with van der Waals surface area (Å²) in [7, 11) is 0. The third kappa shape index (κ3) is 4.52. The van der Waals surface area contributed by atoms with Crippen molar-refractivity contribution in [2.45, 2.75) is 20.5 Å². The van der Waals surface area contributed by atoms with E-state index in [1.165, 1.54) is 0 Å². The fourth-order valence-corrected chi connectivity index (χ4v) is 2.96. The minimum Gasteiger partial charge on any atom is -0.488 e. The van der Waals surface area contributed by atoms with Gasteiger partial charge in [-0.05, 0) is 54.8 Å². The van der Waals surface area contributed by atoms with E-state index in [-0.39, 0.29) is 5.91 Å². The molecule has 0 radical (unpaired) electrons. The molecule has 3 rings (SSSR count). The smallest absolute Gasteiger partial charge is 0.259 e. The predicted molar refractivity (Wildman–Crippen MR) is 109 cm³/mol. The number of nitrogens with one attached hydrogen (secondary N) is 1. The second kappa shape index (κ2) is 8.19. The van der Waals surface area contributed by atoms with E-state index < -0.39 is 0 Å². The first kappa shape index (κ1) is 18.2. The number of rotatable bonds is 5. The molecule has 26 heavy (non-hydrogen) atoms. The van der Waals surface area contributed by atoms with Crippen LogP contribution in [0.3, 0.4) is 0 Å². The first-order valence-corrected chi connectivity index (χ1v) is 9.17. The Morgan fingerprint density at radius 2 is 1.77 bits per heavy atom. The van der Waals surface area contributed by atoms with Gasteiger partial charge in [-0.15, -0.1) is 0 Å². The molecule has 0 unspecified atom stereocenters. The second-order valence-corrected chi connectivity index (χ2v) is 7.10. The number of halogens is 1. The molecule has 0 atom stereocenters. The van der Waals surface area contributed by atoms with Gasteiger partial charge in [-0.25, -0.2) is 0 Å². The van der Waals surface area contributed by atoms with Gasteiger partial charge in [0.25, 0.3) is 5.91 Å². The SMILES string of the molecule is Cc1ccc(C)c(NC(=O)c2cc(Br)ccc2OCc2ccccc2)c1. The number of ether oxygens (including phenoxy) is 1. The number of carbonyl (C=O) groups excluding carboxylic acids is 1. The predicted octanol–water partition coefficient (Wildman–Crippen LogP) is 5.90. The van der Waals surface area contributed by atoms with Gasteiger partial charge in [-0.1, -0.05) is 58.4 Å². The van der Waals surface area contributed by atoms with Crippen LogP contribution in [0.4, 0.5) is 5.69 Å². The van der Waals surface area contributed by atoms with Crippen molar-refractivity contribution >= 4 is 27.5 Å². The molecule has 3 aromatic rings. The molecule has 0 saturated heterocycles. The number of hydrogen-bond acceptors (Lipinski definition) is 2. The molecule has 0 heterocycles. The van der Waals surface area contributed by atoms with Gasteiger partial charge in [0.05, 0.1) is 5.56 Å². The lowest BCUT2D eigenvalue weighted by molar-refractivity contribution is 0.102. The van der Waals surface area contributed by atoms with Crippen molar-refractivity contribution < 1.29 is 9.53 Å². The Morgan fingerprint density at radius 1 is 1.00 bits per heavy atom. The lowest BCUT2D eigenvalue weighted by atomic mass is 10.1. The first-order chi connectivity index (χ1) is 12.5. The van der Waals surface area contributed by atoms with Gasteiger partial charge in [0.15, 0.2) is 0 Å². The lowest BCUT2D eigenvalue weighted by Gasteiger charge is -2.14. The summed E-state index contributed by atoms with van der Waals surface area (Å²) in [4.78, 5) is 12.9. The summed E-state index contributed by atoms with van der Waals surface area (Å²) in [5, 5.41) is 2.99. The minimum absolute atomic E-state index is 0.192. The molecule has 0 aromatic heterocycles. The number of benzene rings is 3. The van der Waals surface area contributed by atoms with Crippen molar-refractivity contribution in [1.29, 1.82) is 0 Å². The van der Waals surface area contributed by atoms with Gasteiger partial charge in [0.2, 0.25) is 0 Å². The van der Waals surface area contributed by atoms with Crippen LogP contribution in [0.15, 0.2) is 71.2 Å². The number of carbonyl (C=O) groups is 1. The molecule has 0 bridgehead atoms. The Labute approximate surface area is 162 Å². The van der Waals surface area contributed by atoms with Crippen LogP contribution in [0, 0.1) is 13.8 Å². The molecule has 0 aliphatic carbocycles. The molecule has 0 aliphatic rings. The summed E-state index contributed by atoms with van der Waals surface area (Å²) in [6.45, 7) is 4.39. The molecule has 1 N–H and O–H groups in total. The van der Waals surface area contributed by atoms with Crippen molar-refractivity contribution in [3.05, 3.63) is 93.5 Å². The highest BCUT2D eigenvalue weighted by atomic mass is 79.9. The van der Waals surface area contributed by atoms with Gasteiger partial charge >= 0.3 is 0 Å². The van der Waals surface area contributed by atoms with Crippen molar-refractivity contribution in [2.75, 3.05) is 5.32 Å². The first-order valence-electron chi connectivity index (χ1n) is 8.38. The van der Waals surface area contributed by atoms with Gasteiger partial charge in [0, 0.05) is 10.2 Å². The number of aryl methyl sites for hydroxylation is 2. The van der Waals surface area contributed by atoms with Crippen LogP contribution in [0.5, 0.6) is 5.75 Å². The zero-order chi connectivity index (χ0) is 18.5. The molecule has 1 amide bonds. The van der Waals surface area contributed by atoms with Gasteiger partial charge < -0.3 is 10.1 Å². The summed E-state index contributed by atoms with van der Waals surface area (Å²) in [6.07, 6.45) is 0. The highest BCUT2D eigenvalue weighted by Gasteiger charge is 2.15. The lowest BCUT2D eigenvalue weighted by Crippen LogP contribution is -2.14. The maximum absolute atomic E-state index is 12.9. The molecule has 3 aromatic carbocycles. The third-order valence-electron chi connectivity index (χ3n) is 4.06. The van der Waals surface area contributed by atoms with E-state index in [9.17, 15) is 4.79 Å². The van der Waals surface area contributed by atoms with Crippen LogP contribution in [-0.2, 0) is 6.61 Å². The summed E-state index contributed by atoms with van der Waals surface area (Å²) >= 11 is 3.44. The van der Waals surface area contributed by atoms with Gasteiger partial charge in [-0.2, -0.15) is 0 Å². The highest BCUT2D eigenvalue weighted by molar-refractivity contribution is 9.10. The topological polar surface area (TPSA) is 38.3 Å². The quantitative estimate of drug-likeness (QED) is 0.569. The van der Waals surface area contributed by atoms with E-state index in [1.54, 1.807) is 6.07 Å². The molecular formula is C22H20BrNO2. The average molecular weight is 410 g/mol. The van der Waals surface area contributed by atoms with Crippen LogP contribution in [0.2, 0.25) is 0 Å². The fourth-order valence-electron chi connectivity index (χ4n) is 2.60. The average Bonchev–Trinajstić information content (AvgIpc) is 2.64. The van der Waals surface area contributed by atoms with Crippen LogP contribution in [0.1, 0.15) is 27.0 Å². The van der Waals surface area contributed by atoms with Crippen molar-refractivity contribution in [3.8, 4) is 5.75 Å². The largest absolute Gasteiger partial charge is 0.488 e. The van der Waals surface area contributed by atoms with Crippen LogP contribution >= 0.6 is 15.9 Å². The Balaban J connectivity index is 1.82. The van der Waals surface area contributed by atoms with Crippen molar-refractivity contribution in [3.63, 3.8) is 0 Å². The summed E-state index contributed by atoms with van der Waals surface area (Å²) in [5.41, 5.74) is 4.47. The van der Waals surface area contributed by atoms with Crippen molar-refractivity contribution in [2.24, 2.45) is 0 Å². The summed E-state index contributed by atoms with van der Waals surface area (Å²) in [6, 6.07) is 21.3. The molecular weight excluding hydrogens is 390 g/mol. The van der Waals surface area contributed by atoms with Gasteiger partial charge in [0.1, 0.15) is 12.4 Å². The molecule has 3 nitrogen and oxygen atoms in total. The zero-order valence-corrected chi connectivity index (χ0v) is 16.3. The van der Waals surface area contributed by atoms with E-state index in [2.05, 4.69) is 21.2 Å². The van der Waals surface area contributed by atoms with E-state index in [0.29, 0.717) is 17.9 Å². The Kier molecular flexibility index (Phi) is 5.74. The monoisotopic (exact) mass is 409 g/mol. The van der Waals surface area contributed by atoms with Crippen molar-refractivity contribution in [1.82, 2.24) is 0 Å². The van der Waals surface area contributed by atoms with Crippen LogP contribution in [-0.4, -0.2) is 5.91 Å². The van der Waals surface area contributed by atoms with E-state index in [4.69, 9.17) is 4.74 Å². The van der Waals surface area contributed by atoms with Crippen LogP contribution < -0.4 is 10.1 Å². The zero-order valence-electron chi connectivity index (χ0n) is 14.8. The number of anilines is 1. The molecule has 0 aliphatic heterocycles. The molecule has 4 heteroatoms. The molecule has 132 valence electrons. The Bertz CT molecular complexity index is 923. The normalized spacial score (nSPS) is 10.4. The van der Waals surface area contributed by atoms with E-state index >= 15 is 0 Å². The third-order valence-corrected chi connectivity index (χ3v) is 4.56. The Hall–Kier alpha value is -2.59. The maximum Gasteiger partial charge on any atom is 0.259 e. The van der Waals surface area contributed by atoms with E-state index in [1.807, 2.05) is 74.5 Å².